The first-order chi connectivity index (χ1) is 16.6. The fourth-order valence-corrected chi connectivity index (χ4v) is 4.42. The van der Waals surface area contributed by atoms with Gasteiger partial charge >= 0.3 is 12.1 Å². The van der Waals surface area contributed by atoms with Crippen LogP contribution in [0.5, 0.6) is 5.75 Å². The fraction of sp³-hybridized carbons (Fsp3) is 0.333. The molecule has 10 heteroatoms. The summed E-state index contributed by atoms with van der Waals surface area (Å²) in [5.41, 5.74) is 2.22. The van der Waals surface area contributed by atoms with E-state index in [2.05, 4.69) is 19.9 Å². The zero-order valence-corrected chi connectivity index (χ0v) is 19.5. The van der Waals surface area contributed by atoms with Crippen LogP contribution in [0.1, 0.15) is 28.0 Å². The van der Waals surface area contributed by atoms with Gasteiger partial charge in [0.15, 0.2) is 5.16 Å². The molecule has 178 valence electrons. The Kier molecular flexibility index (Phi) is 8.16. The molecule has 0 aliphatic carbocycles. The number of imidazole rings is 1. The molecule has 2 aromatic heterocycles. The molecule has 1 aliphatic rings. The molecule has 1 saturated heterocycles. The van der Waals surface area contributed by atoms with Crippen LogP contribution in [-0.4, -0.2) is 74.6 Å². The summed E-state index contributed by atoms with van der Waals surface area (Å²) < 4.78 is 5.55. The summed E-state index contributed by atoms with van der Waals surface area (Å²) in [6.45, 7) is 3.75. The second kappa shape index (κ2) is 11.7. The van der Waals surface area contributed by atoms with E-state index in [-0.39, 0.29) is 11.7 Å². The molecule has 0 spiro atoms. The normalized spacial score (nSPS) is 14.2. The first kappa shape index (κ1) is 23.8. The van der Waals surface area contributed by atoms with Gasteiger partial charge in [0.05, 0.1) is 5.56 Å². The van der Waals surface area contributed by atoms with Crippen molar-refractivity contribution in [1.29, 1.82) is 0 Å². The summed E-state index contributed by atoms with van der Waals surface area (Å²) >= 11 is 1.62. The number of aromatic carboxylic acids is 1. The SMILES string of the molecule is O=C(O)c1ccc(CCCN2CCN(C(=O)Oc3ccc(CSc4ncc[nH]4)cc3)CC2)nc1. The number of carboxylic acids is 1. The van der Waals surface area contributed by atoms with Crippen molar-refractivity contribution in [3.63, 3.8) is 0 Å². The second-order valence-electron chi connectivity index (χ2n) is 7.97. The maximum atomic E-state index is 12.5. The highest BCUT2D eigenvalue weighted by Crippen LogP contribution is 2.21. The van der Waals surface area contributed by atoms with Crippen molar-refractivity contribution < 1.29 is 19.4 Å². The van der Waals surface area contributed by atoms with Gasteiger partial charge in [0.25, 0.3) is 0 Å². The maximum Gasteiger partial charge on any atom is 0.415 e. The van der Waals surface area contributed by atoms with E-state index in [9.17, 15) is 9.59 Å². The van der Waals surface area contributed by atoms with Gasteiger partial charge in [0.2, 0.25) is 0 Å². The van der Waals surface area contributed by atoms with E-state index >= 15 is 0 Å². The first-order valence-electron chi connectivity index (χ1n) is 11.2. The topological polar surface area (TPSA) is 112 Å². The van der Waals surface area contributed by atoms with Crippen LogP contribution in [0.4, 0.5) is 4.79 Å². The molecule has 9 nitrogen and oxygen atoms in total. The van der Waals surface area contributed by atoms with Crippen LogP contribution in [0, 0.1) is 0 Å². The zero-order chi connectivity index (χ0) is 23.8. The smallest absolute Gasteiger partial charge is 0.415 e. The summed E-state index contributed by atoms with van der Waals surface area (Å²) in [7, 11) is 0. The van der Waals surface area contributed by atoms with Crippen molar-refractivity contribution in [3.8, 4) is 5.75 Å². The molecule has 1 fully saturated rings. The lowest BCUT2D eigenvalue weighted by atomic mass is 10.2. The van der Waals surface area contributed by atoms with E-state index in [0.29, 0.717) is 18.8 Å². The number of nitrogens with zero attached hydrogens (tertiary/aromatic N) is 4. The molecule has 1 aromatic carbocycles. The van der Waals surface area contributed by atoms with Crippen LogP contribution in [0.25, 0.3) is 0 Å². The van der Waals surface area contributed by atoms with Crippen LogP contribution in [0.3, 0.4) is 0 Å². The third-order valence-electron chi connectivity index (χ3n) is 5.59. The number of carbonyl (C=O) groups excluding carboxylic acids is 1. The number of hydrogen-bond acceptors (Lipinski definition) is 7. The number of ether oxygens (including phenoxy) is 1. The highest BCUT2D eigenvalue weighted by atomic mass is 32.2. The third-order valence-corrected chi connectivity index (χ3v) is 6.56. The number of thioether (sulfide) groups is 1. The average Bonchev–Trinajstić information content (AvgIpc) is 3.38. The molecule has 0 bridgehead atoms. The molecule has 3 heterocycles. The molecule has 0 unspecified atom stereocenters. The lowest BCUT2D eigenvalue weighted by Gasteiger charge is -2.34. The van der Waals surface area contributed by atoms with Gasteiger partial charge in [0.1, 0.15) is 5.75 Å². The molecule has 3 aromatic rings. The molecule has 34 heavy (non-hydrogen) atoms. The van der Waals surface area contributed by atoms with Gasteiger partial charge in [0, 0.05) is 56.2 Å². The fourth-order valence-electron chi connectivity index (χ4n) is 3.64. The van der Waals surface area contributed by atoms with E-state index in [1.54, 1.807) is 41.2 Å². The summed E-state index contributed by atoms with van der Waals surface area (Å²) in [5.74, 6) is 0.362. The van der Waals surface area contributed by atoms with Gasteiger partial charge < -0.3 is 19.7 Å². The lowest BCUT2D eigenvalue weighted by molar-refractivity contribution is 0.0696. The number of rotatable bonds is 9. The van der Waals surface area contributed by atoms with Crippen molar-refractivity contribution in [3.05, 3.63) is 71.8 Å². The highest BCUT2D eigenvalue weighted by Gasteiger charge is 2.22. The number of H-pyrrole nitrogens is 1. The van der Waals surface area contributed by atoms with Crippen molar-refractivity contribution in [2.24, 2.45) is 0 Å². The van der Waals surface area contributed by atoms with E-state index in [1.807, 2.05) is 24.3 Å². The number of aromatic nitrogens is 3. The van der Waals surface area contributed by atoms with Crippen LogP contribution < -0.4 is 4.74 Å². The highest BCUT2D eigenvalue weighted by molar-refractivity contribution is 7.98. The molecule has 0 radical (unpaired) electrons. The number of aromatic amines is 1. The van der Waals surface area contributed by atoms with Crippen molar-refractivity contribution in [2.75, 3.05) is 32.7 Å². The Bertz CT molecular complexity index is 1070. The molecule has 0 saturated carbocycles. The summed E-state index contributed by atoms with van der Waals surface area (Å²) in [6, 6.07) is 10.9. The lowest BCUT2D eigenvalue weighted by Crippen LogP contribution is -2.49. The number of benzene rings is 1. The van der Waals surface area contributed by atoms with E-state index in [0.717, 1.165) is 54.6 Å². The molecular formula is C24H27N5O4S. The standard InChI is InChI=1S/C24H27N5O4S/c30-22(31)19-5-6-20(27-16-19)2-1-11-28-12-14-29(15-13-28)24(32)33-21-7-3-18(4-8-21)17-34-23-25-9-10-26-23/h3-10,16H,1-2,11-15,17H2,(H,25,26)(H,30,31). The molecule has 0 atom stereocenters. The number of nitrogens with one attached hydrogen (secondary N) is 1. The Hall–Kier alpha value is -3.37. The Morgan fingerprint density at radius 2 is 1.85 bits per heavy atom. The van der Waals surface area contributed by atoms with Crippen molar-refractivity contribution in [1.82, 2.24) is 24.8 Å². The van der Waals surface area contributed by atoms with Gasteiger partial charge in [-0.25, -0.2) is 14.6 Å². The minimum atomic E-state index is -0.965. The summed E-state index contributed by atoms with van der Waals surface area (Å²) in [6.07, 6.45) is 6.32. The Balaban J connectivity index is 1.14. The largest absolute Gasteiger partial charge is 0.478 e. The van der Waals surface area contributed by atoms with E-state index < -0.39 is 5.97 Å². The summed E-state index contributed by atoms with van der Waals surface area (Å²) in [4.78, 5) is 39.0. The number of amides is 1. The number of hydrogen-bond donors (Lipinski definition) is 2. The number of carboxylic acid groups (broad SMARTS) is 1. The van der Waals surface area contributed by atoms with Crippen LogP contribution in [-0.2, 0) is 12.2 Å². The van der Waals surface area contributed by atoms with Crippen LogP contribution in [0.15, 0.2) is 60.1 Å². The monoisotopic (exact) mass is 481 g/mol. The molecule has 4 rings (SSSR count). The third kappa shape index (κ3) is 6.82. The molecule has 2 N–H and O–H groups in total. The molecule has 1 amide bonds. The first-order valence-corrected chi connectivity index (χ1v) is 12.1. The number of pyridine rings is 1. The summed E-state index contributed by atoms with van der Waals surface area (Å²) in [5, 5.41) is 9.81. The minimum absolute atomic E-state index is 0.201. The maximum absolute atomic E-state index is 12.5. The minimum Gasteiger partial charge on any atom is -0.478 e. The van der Waals surface area contributed by atoms with E-state index in [1.165, 1.54) is 6.20 Å². The predicted octanol–water partition coefficient (Wildman–Crippen LogP) is 3.54. The Labute approximate surface area is 202 Å². The van der Waals surface area contributed by atoms with Gasteiger partial charge in [-0.05, 0) is 49.2 Å². The number of carbonyl (C=O) groups is 2. The van der Waals surface area contributed by atoms with Crippen LogP contribution >= 0.6 is 11.8 Å². The Morgan fingerprint density at radius 1 is 1.06 bits per heavy atom. The van der Waals surface area contributed by atoms with Gasteiger partial charge in [-0.2, -0.15) is 0 Å². The van der Waals surface area contributed by atoms with Gasteiger partial charge in [-0.1, -0.05) is 23.9 Å². The van der Waals surface area contributed by atoms with Crippen molar-refractivity contribution in [2.45, 2.75) is 23.8 Å². The predicted molar refractivity (Wildman–Crippen MR) is 128 cm³/mol. The molecule has 1 aliphatic heterocycles. The van der Waals surface area contributed by atoms with Crippen molar-refractivity contribution >= 4 is 23.8 Å². The average molecular weight is 482 g/mol. The van der Waals surface area contributed by atoms with Gasteiger partial charge in [-0.15, -0.1) is 0 Å². The quantitative estimate of drug-likeness (QED) is 0.447. The molecular weight excluding hydrogens is 454 g/mol. The van der Waals surface area contributed by atoms with Crippen LogP contribution in [0.2, 0.25) is 0 Å². The second-order valence-corrected chi connectivity index (χ2v) is 8.93. The number of piperazine rings is 1. The number of aryl methyl sites for hydroxylation is 1. The zero-order valence-electron chi connectivity index (χ0n) is 18.7. The van der Waals surface area contributed by atoms with E-state index in [4.69, 9.17) is 9.84 Å². The van der Waals surface area contributed by atoms with Gasteiger partial charge in [-0.3, -0.25) is 9.88 Å². The Morgan fingerprint density at radius 3 is 2.50 bits per heavy atom.